The van der Waals surface area contributed by atoms with Gasteiger partial charge in [-0.15, -0.1) is 11.3 Å². The van der Waals surface area contributed by atoms with E-state index in [1.54, 1.807) is 11.3 Å². The zero-order valence-electron chi connectivity index (χ0n) is 14.0. The summed E-state index contributed by atoms with van der Waals surface area (Å²) in [7, 11) is 4.22. The van der Waals surface area contributed by atoms with Crippen molar-refractivity contribution < 1.29 is 0 Å². The number of hydrogen-bond acceptors (Lipinski definition) is 3. The van der Waals surface area contributed by atoms with Gasteiger partial charge in [0.1, 0.15) is 0 Å². The first kappa shape index (κ1) is 18.0. The lowest BCUT2D eigenvalue weighted by Gasteiger charge is -2.22. The molecule has 1 unspecified atom stereocenters. The van der Waals surface area contributed by atoms with Crippen LogP contribution >= 0.6 is 11.3 Å². The summed E-state index contributed by atoms with van der Waals surface area (Å²) in [5.41, 5.74) is 0. The van der Waals surface area contributed by atoms with Gasteiger partial charge in [-0.1, -0.05) is 19.9 Å². The van der Waals surface area contributed by atoms with Crippen molar-refractivity contribution in [1.29, 1.82) is 0 Å². The van der Waals surface area contributed by atoms with Crippen LogP contribution in [0.4, 0.5) is 0 Å². The van der Waals surface area contributed by atoms with Gasteiger partial charge in [-0.3, -0.25) is 4.99 Å². The van der Waals surface area contributed by atoms with Gasteiger partial charge in [0, 0.05) is 18.0 Å². The first-order valence-electron chi connectivity index (χ1n) is 7.76. The number of nitrogens with one attached hydrogen (secondary N) is 2. The number of hydrogen-bond donors (Lipinski definition) is 2. The maximum atomic E-state index is 4.75. The minimum absolute atomic E-state index is 0.338. The molecule has 0 amide bonds. The molecule has 0 aliphatic rings. The van der Waals surface area contributed by atoms with Crippen molar-refractivity contribution in [3.05, 3.63) is 22.4 Å². The molecule has 1 rings (SSSR count). The molecule has 1 aromatic rings. The second-order valence-corrected chi connectivity index (χ2v) is 6.80. The second kappa shape index (κ2) is 9.79. The van der Waals surface area contributed by atoms with E-state index in [0.29, 0.717) is 12.0 Å². The van der Waals surface area contributed by atoms with Crippen LogP contribution in [0.15, 0.2) is 22.5 Å². The normalized spacial score (nSPS) is 13.8. The Bertz CT molecular complexity index is 398. The van der Waals surface area contributed by atoms with Crippen LogP contribution in [-0.2, 0) is 0 Å². The fourth-order valence-corrected chi connectivity index (χ4v) is 2.90. The van der Waals surface area contributed by atoms with Crippen LogP contribution in [0.25, 0.3) is 0 Å². The van der Waals surface area contributed by atoms with Crippen molar-refractivity contribution in [2.24, 2.45) is 10.9 Å². The highest BCUT2D eigenvalue weighted by Crippen LogP contribution is 2.23. The number of guanidine groups is 1. The zero-order valence-corrected chi connectivity index (χ0v) is 14.8. The Morgan fingerprint density at radius 2 is 2.10 bits per heavy atom. The lowest BCUT2D eigenvalue weighted by molar-refractivity contribution is 0.310. The summed E-state index contributed by atoms with van der Waals surface area (Å²) >= 11 is 1.79. The van der Waals surface area contributed by atoms with Crippen LogP contribution in [0.5, 0.6) is 0 Å². The topological polar surface area (TPSA) is 39.7 Å². The third-order valence-corrected chi connectivity index (χ3v) is 4.25. The van der Waals surface area contributed by atoms with Gasteiger partial charge in [-0.25, -0.2) is 0 Å². The van der Waals surface area contributed by atoms with E-state index in [0.717, 1.165) is 32.0 Å². The monoisotopic (exact) mass is 310 g/mol. The summed E-state index contributed by atoms with van der Waals surface area (Å²) in [6, 6.07) is 4.63. The van der Waals surface area contributed by atoms with Crippen molar-refractivity contribution >= 4 is 17.3 Å². The largest absolute Gasteiger partial charge is 0.357 e. The molecule has 0 aliphatic heterocycles. The minimum Gasteiger partial charge on any atom is -0.357 e. The Morgan fingerprint density at radius 1 is 1.33 bits per heavy atom. The maximum absolute atomic E-state index is 4.75. The smallest absolute Gasteiger partial charge is 0.191 e. The Labute approximate surface area is 133 Å². The average molecular weight is 311 g/mol. The average Bonchev–Trinajstić information content (AvgIpc) is 2.92. The minimum atomic E-state index is 0.338. The van der Waals surface area contributed by atoms with E-state index in [9.17, 15) is 0 Å². The molecular formula is C16H30N4S. The van der Waals surface area contributed by atoms with Crippen LogP contribution in [-0.4, -0.2) is 44.6 Å². The van der Waals surface area contributed by atoms with Crippen LogP contribution in [0, 0.1) is 5.92 Å². The van der Waals surface area contributed by atoms with Gasteiger partial charge in [-0.05, 0) is 44.8 Å². The van der Waals surface area contributed by atoms with Gasteiger partial charge in [0.25, 0.3) is 0 Å². The standard InChI is InChI=1S/C16H30N4S/c1-6-17-16(18-10-9-13(2)3)19-12-14(20(4)5)15-8-7-11-21-15/h7-8,11,13-14H,6,9-10,12H2,1-5H3,(H2,17,18,19). The lowest BCUT2D eigenvalue weighted by Crippen LogP contribution is -2.38. The number of likely N-dealkylation sites (N-methyl/N-ethyl adjacent to an activating group) is 1. The highest BCUT2D eigenvalue weighted by atomic mass is 32.1. The van der Waals surface area contributed by atoms with Gasteiger partial charge in [0.15, 0.2) is 5.96 Å². The summed E-state index contributed by atoms with van der Waals surface area (Å²) in [6.07, 6.45) is 1.16. The van der Waals surface area contributed by atoms with E-state index in [2.05, 4.69) is 67.9 Å². The van der Waals surface area contributed by atoms with Gasteiger partial charge in [-0.2, -0.15) is 0 Å². The third-order valence-electron chi connectivity index (χ3n) is 3.28. The highest BCUT2D eigenvalue weighted by molar-refractivity contribution is 7.10. The molecular weight excluding hydrogens is 280 g/mol. The Balaban J connectivity index is 2.61. The molecule has 1 atom stereocenters. The molecule has 0 fully saturated rings. The summed E-state index contributed by atoms with van der Waals surface area (Å²) in [4.78, 5) is 8.34. The molecule has 120 valence electrons. The summed E-state index contributed by atoms with van der Waals surface area (Å²) in [6.45, 7) is 9.20. The predicted molar refractivity (Wildman–Crippen MR) is 94.2 cm³/mol. The zero-order chi connectivity index (χ0) is 15.7. The van der Waals surface area contributed by atoms with E-state index < -0.39 is 0 Å². The molecule has 21 heavy (non-hydrogen) atoms. The van der Waals surface area contributed by atoms with Crippen LogP contribution in [0.3, 0.4) is 0 Å². The van der Waals surface area contributed by atoms with Gasteiger partial charge in [0.2, 0.25) is 0 Å². The molecule has 5 heteroatoms. The molecule has 0 aliphatic carbocycles. The van der Waals surface area contributed by atoms with Crippen molar-refractivity contribution in [2.45, 2.75) is 33.2 Å². The number of rotatable bonds is 8. The maximum Gasteiger partial charge on any atom is 0.191 e. The van der Waals surface area contributed by atoms with Crippen LogP contribution < -0.4 is 10.6 Å². The van der Waals surface area contributed by atoms with Crippen molar-refractivity contribution in [1.82, 2.24) is 15.5 Å². The lowest BCUT2D eigenvalue weighted by atomic mass is 10.1. The predicted octanol–water partition coefficient (Wildman–Crippen LogP) is 2.95. The van der Waals surface area contributed by atoms with E-state index in [1.807, 2.05) is 0 Å². The van der Waals surface area contributed by atoms with E-state index >= 15 is 0 Å². The summed E-state index contributed by atoms with van der Waals surface area (Å²) in [5.74, 6) is 1.63. The third kappa shape index (κ3) is 6.96. The van der Waals surface area contributed by atoms with Gasteiger partial charge >= 0.3 is 0 Å². The first-order chi connectivity index (χ1) is 10.0. The quantitative estimate of drug-likeness (QED) is 0.573. The summed E-state index contributed by atoms with van der Waals surface area (Å²) < 4.78 is 0. The van der Waals surface area contributed by atoms with Crippen LogP contribution in [0.2, 0.25) is 0 Å². The molecule has 0 radical (unpaired) electrons. The number of aliphatic imine (C=N–C) groups is 1. The van der Waals surface area contributed by atoms with Gasteiger partial charge < -0.3 is 15.5 Å². The fourth-order valence-electron chi connectivity index (χ4n) is 1.99. The molecule has 1 heterocycles. The van der Waals surface area contributed by atoms with E-state index in [-0.39, 0.29) is 0 Å². The molecule has 0 saturated heterocycles. The molecule has 1 aromatic heterocycles. The van der Waals surface area contributed by atoms with Crippen LogP contribution in [0.1, 0.15) is 38.1 Å². The van der Waals surface area contributed by atoms with Crippen molar-refractivity contribution in [2.75, 3.05) is 33.7 Å². The van der Waals surface area contributed by atoms with E-state index in [4.69, 9.17) is 4.99 Å². The van der Waals surface area contributed by atoms with Crippen molar-refractivity contribution in [3.8, 4) is 0 Å². The first-order valence-corrected chi connectivity index (χ1v) is 8.64. The number of nitrogens with zero attached hydrogens (tertiary/aromatic N) is 2. The van der Waals surface area contributed by atoms with Crippen molar-refractivity contribution in [3.63, 3.8) is 0 Å². The molecule has 0 saturated carbocycles. The van der Waals surface area contributed by atoms with Gasteiger partial charge in [0.05, 0.1) is 12.6 Å². The summed E-state index contributed by atoms with van der Waals surface area (Å²) in [5, 5.41) is 8.86. The molecule has 0 bridgehead atoms. The molecule has 2 N–H and O–H groups in total. The molecule has 4 nitrogen and oxygen atoms in total. The Kier molecular flexibility index (Phi) is 8.38. The Hall–Kier alpha value is -1.07. The SMILES string of the molecule is CCNC(=NCC(c1cccs1)N(C)C)NCCC(C)C. The Morgan fingerprint density at radius 3 is 2.62 bits per heavy atom. The molecule has 0 aromatic carbocycles. The molecule has 0 spiro atoms. The fraction of sp³-hybridized carbons (Fsp3) is 0.688. The highest BCUT2D eigenvalue weighted by Gasteiger charge is 2.14. The second-order valence-electron chi connectivity index (χ2n) is 5.82. The van der Waals surface area contributed by atoms with E-state index in [1.165, 1.54) is 4.88 Å². The number of thiophene rings is 1.